The van der Waals surface area contributed by atoms with Gasteiger partial charge in [-0.15, -0.1) is 23.7 Å². The van der Waals surface area contributed by atoms with E-state index in [9.17, 15) is 4.39 Å². The van der Waals surface area contributed by atoms with Gasteiger partial charge in [0.05, 0.1) is 23.9 Å². The summed E-state index contributed by atoms with van der Waals surface area (Å²) >= 11 is 8.07. The Kier molecular flexibility index (Phi) is 10.2. The van der Waals surface area contributed by atoms with Crippen molar-refractivity contribution < 1.29 is 9.13 Å². The van der Waals surface area contributed by atoms with E-state index in [2.05, 4.69) is 11.8 Å². The molecule has 2 aromatic carbocycles. The molecule has 0 bridgehead atoms. The van der Waals surface area contributed by atoms with E-state index in [0.29, 0.717) is 10.0 Å². The molecule has 0 amide bonds. The number of hydrogen-bond donors (Lipinski definition) is 1. The molecule has 1 unspecified atom stereocenters. The van der Waals surface area contributed by atoms with Crippen LogP contribution in [-0.4, -0.2) is 18.1 Å². The van der Waals surface area contributed by atoms with Crippen molar-refractivity contribution in [2.45, 2.75) is 64.3 Å². The number of aromatic nitrogens is 1. The number of thiazole rings is 1. The fourth-order valence-corrected chi connectivity index (χ4v) is 5.51. The van der Waals surface area contributed by atoms with Crippen LogP contribution < -0.4 is 10.5 Å². The first-order valence-corrected chi connectivity index (χ1v) is 13.4. The average Bonchev–Trinajstić information content (AvgIpc) is 3.60. The fourth-order valence-electron chi connectivity index (χ4n) is 4.48. The summed E-state index contributed by atoms with van der Waals surface area (Å²) in [6, 6.07) is 10.1. The van der Waals surface area contributed by atoms with Crippen molar-refractivity contribution >= 4 is 35.3 Å². The van der Waals surface area contributed by atoms with E-state index in [4.69, 9.17) is 27.1 Å². The van der Waals surface area contributed by atoms with Gasteiger partial charge in [-0.25, -0.2) is 9.37 Å². The smallest absolute Gasteiger partial charge is 0.167 e. The maximum atomic E-state index is 13.5. The Morgan fingerprint density at radius 1 is 1.19 bits per heavy atom. The minimum absolute atomic E-state index is 0. The van der Waals surface area contributed by atoms with Gasteiger partial charge in [0.1, 0.15) is 11.6 Å². The molecule has 192 valence electrons. The van der Waals surface area contributed by atoms with Crippen LogP contribution in [0.15, 0.2) is 36.4 Å². The molecule has 1 heterocycles. The highest BCUT2D eigenvalue weighted by Crippen LogP contribution is 2.37. The van der Waals surface area contributed by atoms with Gasteiger partial charge in [0.15, 0.2) is 5.01 Å². The van der Waals surface area contributed by atoms with Gasteiger partial charge in [0.2, 0.25) is 0 Å². The number of aryl methyl sites for hydroxylation is 2. The zero-order valence-electron chi connectivity index (χ0n) is 20.9. The molecule has 36 heavy (non-hydrogen) atoms. The van der Waals surface area contributed by atoms with Crippen molar-refractivity contribution in [1.82, 2.24) is 4.98 Å². The van der Waals surface area contributed by atoms with E-state index in [1.54, 1.807) is 7.11 Å². The third-order valence-corrected chi connectivity index (χ3v) is 7.89. The van der Waals surface area contributed by atoms with Crippen LogP contribution in [0, 0.1) is 37.4 Å². The molecule has 1 aliphatic carbocycles. The van der Waals surface area contributed by atoms with Gasteiger partial charge >= 0.3 is 0 Å². The lowest BCUT2D eigenvalue weighted by atomic mass is 9.87. The average molecular weight is 548 g/mol. The van der Waals surface area contributed by atoms with Gasteiger partial charge in [-0.2, -0.15) is 0 Å². The molecule has 0 aliphatic heterocycles. The standard InChI is InChI=1S/C29H32ClFN2OS.ClH/c1-18-16-24(25(30)17-27(18)34-3)29-19(2)35-28(33-29)15-14-26(32)23(7-5-4-6-20-8-9-20)21-10-12-22(31)13-11-21;/h10-13,16-17,20,23,26H,4-9,32H2,1-3H3;1H/t23?,26-;/m1./s1. The van der Waals surface area contributed by atoms with Crippen molar-refractivity contribution in [3.63, 3.8) is 0 Å². The van der Waals surface area contributed by atoms with Gasteiger partial charge in [0.25, 0.3) is 0 Å². The highest BCUT2D eigenvalue weighted by molar-refractivity contribution is 7.12. The molecule has 4 rings (SSSR count). The number of nitrogens with zero attached hydrogens (tertiary/aromatic N) is 1. The summed E-state index contributed by atoms with van der Waals surface area (Å²) in [5.41, 5.74) is 10.3. The highest BCUT2D eigenvalue weighted by Gasteiger charge is 2.22. The minimum Gasteiger partial charge on any atom is -0.496 e. The first-order chi connectivity index (χ1) is 16.9. The van der Waals surface area contributed by atoms with Crippen molar-refractivity contribution in [1.29, 1.82) is 0 Å². The van der Waals surface area contributed by atoms with Gasteiger partial charge < -0.3 is 10.5 Å². The summed E-state index contributed by atoms with van der Waals surface area (Å²) in [7, 11) is 1.63. The first-order valence-electron chi connectivity index (χ1n) is 12.2. The summed E-state index contributed by atoms with van der Waals surface area (Å²) in [5, 5.41) is 1.31. The molecule has 1 aromatic heterocycles. The minimum atomic E-state index is -0.360. The molecular weight excluding hydrogens is 514 g/mol. The van der Waals surface area contributed by atoms with Crippen molar-refractivity contribution in [2.75, 3.05) is 7.11 Å². The van der Waals surface area contributed by atoms with Gasteiger partial charge in [-0.05, 0) is 67.5 Å². The van der Waals surface area contributed by atoms with E-state index in [1.165, 1.54) is 49.2 Å². The lowest BCUT2D eigenvalue weighted by Gasteiger charge is -2.20. The number of nitrogens with two attached hydrogens (primary N) is 1. The first kappa shape index (κ1) is 28.5. The molecule has 0 radical (unpaired) electrons. The van der Waals surface area contributed by atoms with Crippen LogP contribution in [0.3, 0.4) is 0 Å². The van der Waals surface area contributed by atoms with Crippen LogP contribution in [0.25, 0.3) is 11.3 Å². The number of halogens is 3. The fraction of sp³-hybridized carbons (Fsp3) is 0.414. The van der Waals surface area contributed by atoms with Crippen LogP contribution >= 0.6 is 35.3 Å². The van der Waals surface area contributed by atoms with E-state index in [0.717, 1.165) is 51.8 Å². The highest BCUT2D eigenvalue weighted by atomic mass is 35.5. The molecule has 7 heteroatoms. The molecule has 0 saturated heterocycles. The van der Waals surface area contributed by atoms with Gasteiger partial charge in [0, 0.05) is 16.4 Å². The Hall–Kier alpha value is -2.10. The largest absolute Gasteiger partial charge is 0.496 e. The summed E-state index contributed by atoms with van der Waals surface area (Å²) in [4.78, 5) is 5.82. The lowest BCUT2D eigenvalue weighted by Crippen LogP contribution is -2.27. The van der Waals surface area contributed by atoms with E-state index in [1.807, 2.05) is 38.1 Å². The number of methoxy groups -OCH3 is 1. The Balaban J connectivity index is 0.00000361. The Morgan fingerprint density at radius 2 is 1.92 bits per heavy atom. The molecule has 1 fully saturated rings. The SMILES string of the molecule is COc1cc(Cl)c(-c2nc(C#C[C@@H](N)C(CCCCC3CC3)c3ccc(F)cc3)sc2C)cc1C.Cl. The monoisotopic (exact) mass is 546 g/mol. The second-order valence-electron chi connectivity index (χ2n) is 9.41. The van der Waals surface area contributed by atoms with Crippen molar-refractivity contribution in [3.05, 3.63) is 68.2 Å². The predicted molar refractivity (Wildman–Crippen MR) is 151 cm³/mol. The van der Waals surface area contributed by atoms with Gasteiger partial charge in [-0.1, -0.05) is 61.8 Å². The molecule has 2 N–H and O–H groups in total. The summed E-state index contributed by atoms with van der Waals surface area (Å²) < 4.78 is 18.9. The zero-order chi connectivity index (χ0) is 24.9. The Bertz CT molecular complexity index is 1230. The van der Waals surface area contributed by atoms with Crippen LogP contribution in [-0.2, 0) is 0 Å². The van der Waals surface area contributed by atoms with E-state index >= 15 is 0 Å². The van der Waals surface area contributed by atoms with E-state index < -0.39 is 0 Å². The number of ether oxygens (including phenoxy) is 1. The molecule has 1 aliphatic rings. The molecular formula is C29H33Cl2FN2OS. The van der Waals surface area contributed by atoms with Crippen LogP contribution in [0.4, 0.5) is 4.39 Å². The number of rotatable bonds is 9. The third-order valence-electron chi connectivity index (χ3n) is 6.69. The molecule has 3 nitrogen and oxygen atoms in total. The number of hydrogen-bond acceptors (Lipinski definition) is 4. The van der Waals surface area contributed by atoms with E-state index in [-0.39, 0.29) is 30.2 Å². The summed E-state index contributed by atoms with van der Waals surface area (Å²) in [6.07, 6.45) is 7.30. The number of benzene rings is 2. The second-order valence-corrected chi connectivity index (χ2v) is 11.0. The number of unbranched alkanes of at least 4 members (excludes halogenated alkanes) is 1. The maximum Gasteiger partial charge on any atom is 0.167 e. The molecule has 1 saturated carbocycles. The third kappa shape index (κ3) is 7.23. The molecule has 0 spiro atoms. The quantitative estimate of drug-likeness (QED) is 0.218. The predicted octanol–water partition coefficient (Wildman–Crippen LogP) is 8.08. The Morgan fingerprint density at radius 3 is 2.58 bits per heavy atom. The normalized spacial score (nSPS) is 14.4. The van der Waals surface area contributed by atoms with Crippen LogP contribution in [0.5, 0.6) is 5.75 Å². The lowest BCUT2D eigenvalue weighted by molar-refractivity contribution is 0.412. The molecule has 3 aromatic rings. The van der Waals surface area contributed by atoms with Crippen molar-refractivity contribution in [3.8, 4) is 28.8 Å². The summed E-state index contributed by atoms with van der Waals surface area (Å²) in [5.74, 6) is 7.94. The Labute approximate surface area is 229 Å². The van der Waals surface area contributed by atoms with Crippen LogP contribution in [0.2, 0.25) is 5.02 Å². The van der Waals surface area contributed by atoms with Crippen LogP contribution in [0.1, 0.15) is 65.5 Å². The topological polar surface area (TPSA) is 48.1 Å². The zero-order valence-corrected chi connectivity index (χ0v) is 23.3. The van der Waals surface area contributed by atoms with Gasteiger partial charge in [-0.3, -0.25) is 0 Å². The summed E-state index contributed by atoms with van der Waals surface area (Å²) in [6.45, 7) is 4.01. The second kappa shape index (κ2) is 12.9. The van der Waals surface area contributed by atoms with Crippen molar-refractivity contribution in [2.24, 2.45) is 11.7 Å². The maximum absolute atomic E-state index is 13.5. The molecule has 2 atom stereocenters.